The Balaban J connectivity index is 2.73. The number of ether oxygens (including phenoxy) is 1. The van der Waals surface area contributed by atoms with Gasteiger partial charge in [0.1, 0.15) is 0 Å². The van der Waals surface area contributed by atoms with E-state index in [2.05, 4.69) is 0 Å². The molecule has 2 N–H and O–H groups in total. The maximum atomic E-state index is 10.8. The van der Waals surface area contributed by atoms with Crippen LogP contribution >= 0.6 is 0 Å². The van der Waals surface area contributed by atoms with E-state index in [1.54, 1.807) is 0 Å². The molecule has 3 nitrogen and oxygen atoms in total. The maximum Gasteiger partial charge on any atom is 0.252 e. The number of epoxide rings is 1. The number of hydrogen-bond donors (Lipinski definition) is 1. The van der Waals surface area contributed by atoms with Gasteiger partial charge in [-0.05, 0) is 12.8 Å². The van der Waals surface area contributed by atoms with Gasteiger partial charge in [-0.2, -0.15) is 0 Å². The number of amides is 1. The van der Waals surface area contributed by atoms with Gasteiger partial charge in [-0.3, -0.25) is 4.79 Å². The summed E-state index contributed by atoms with van der Waals surface area (Å²) in [7, 11) is 0. The Morgan fingerprint density at radius 3 is 2.10 bits per heavy atom. The molecule has 0 unspecified atom stereocenters. The first kappa shape index (κ1) is 7.54. The monoisotopic (exact) mass is 143 g/mol. The van der Waals surface area contributed by atoms with Crippen LogP contribution in [0.1, 0.15) is 20.8 Å². The van der Waals surface area contributed by atoms with Crippen LogP contribution < -0.4 is 5.73 Å². The Morgan fingerprint density at radius 1 is 1.70 bits per heavy atom. The fourth-order valence-corrected chi connectivity index (χ4v) is 1.41. The zero-order valence-electron chi connectivity index (χ0n) is 6.55. The minimum Gasteiger partial charge on any atom is -0.367 e. The van der Waals surface area contributed by atoms with Gasteiger partial charge >= 0.3 is 0 Å². The molecule has 0 aromatic carbocycles. The van der Waals surface area contributed by atoms with Crippen LogP contribution in [0.4, 0.5) is 0 Å². The second-order valence-electron chi connectivity index (χ2n) is 3.07. The van der Waals surface area contributed by atoms with Crippen molar-refractivity contribution in [1.29, 1.82) is 0 Å². The summed E-state index contributed by atoms with van der Waals surface area (Å²) in [6.07, 6.45) is 0.00463. The summed E-state index contributed by atoms with van der Waals surface area (Å²) < 4.78 is 5.15. The van der Waals surface area contributed by atoms with Crippen LogP contribution in [-0.2, 0) is 9.53 Å². The summed E-state index contributed by atoms with van der Waals surface area (Å²) in [5, 5.41) is 0. The zero-order valence-corrected chi connectivity index (χ0v) is 6.55. The molecule has 1 saturated heterocycles. The molecule has 1 rings (SSSR count). The van der Waals surface area contributed by atoms with Gasteiger partial charge in [-0.15, -0.1) is 0 Å². The quantitative estimate of drug-likeness (QED) is 0.565. The third kappa shape index (κ3) is 0.736. The number of primary amides is 1. The number of rotatable bonds is 2. The summed E-state index contributed by atoms with van der Waals surface area (Å²) in [4.78, 5) is 10.8. The lowest BCUT2D eigenvalue weighted by molar-refractivity contribution is -0.124. The molecule has 1 aliphatic heterocycles. The molecule has 0 spiro atoms. The maximum absolute atomic E-state index is 10.8. The summed E-state index contributed by atoms with van der Waals surface area (Å²) in [5.74, 6) is -0.157. The number of hydrogen-bond acceptors (Lipinski definition) is 2. The molecule has 0 aromatic rings. The highest BCUT2D eigenvalue weighted by atomic mass is 16.6. The van der Waals surface area contributed by atoms with Crippen molar-refractivity contribution in [2.45, 2.75) is 32.5 Å². The number of nitrogens with two attached hydrogens (primary N) is 1. The first-order valence-corrected chi connectivity index (χ1v) is 3.49. The minimum atomic E-state index is -0.653. The first-order chi connectivity index (χ1) is 4.51. The highest BCUT2D eigenvalue weighted by Gasteiger charge is 2.60. The Hall–Kier alpha value is -0.570. The van der Waals surface area contributed by atoms with Gasteiger partial charge in [0.05, 0.1) is 6.10 Å². The van der Waals surface area contributed by atoms with Crippen molar-refractivity contribution < 1.29 is 9.53 Å². The third-order valence-electron chi connectivity index (χ3n) is 2.16. The van der Waals surface area contributed by atoms with Crippen molar-refractivity contribution in [1.82, 2.24) is 0 Å². The Morgan fingerprint density at radius 2 is 2.10 bits per heavy atom. The largest absolute Gasteiger partial charge is 0.367 e. The lowest BCUT2D eigenvalue weighted by Crippen LogP contribution is -2.38. The van der Waals surface area contributed by atoms with Crippen LogP contribution in [0, 0.1) is 5.92 Å². The fraction of sp³-hybridized carbons (Fsp3) is 0.857. The van der Waals surface area contributed by atoms with Gasteiger partial charge in [0.15, 0.2) is 5.60 Å². The topological polar surface area (TPSA) is 55.6 Å². The lowest BCUT2D eigenvalue weighted by atomic mass is 9.92. The van der Waals surface area contributed by atoms with E-state index in [-0.39, 0.29) is 17.9 Å². The molecule has 1 fully saturated rings. The molecule has 0 saturated carbocycles. The Bertz CT molecular complexity index is 167. The average molecular weight is 143 g/mol. The molecule has 1 aliphatic rings. The second-order valence-corrected chi connectivity index (χ2v) is 3.07. The third-order valence-corrected chi connectivity index (χ3v) is 2.16. The normalized spacial score (nSPS) is 38.2. The molecule has 1 heterocycles. The van der Waals surface area contributed by atoms with E-state index in [0.29, 0.717) is 0 Å². The van der Waals surface area contributed by atoms with Crippen molar-refractivity contribution in [2.24, 2.45) is 11.7 Å². The second kappa shape index (κ2) is 1.95. The summed E-state index contributed by atoms with van der Waals surface area (Å²) in [6.45, 7) is 5.74. The summed E-state index contributed by atoms with van der Waals surface area (Å²) >= 11 is 0. The van der Waals surface area contributed by atoms with Crippen LogP contribution in [0.5, 0.6) is 0 Å². The molecule has 0 bridgehead atoms. The van der Waals surface area contributed by atoms with E-state index in [9.17, 15) is 4.79 Å². The molecule has 0 radical (unpaired) electrons. The fourth-order valence-electron chi connectivity index (χ4n) is 1.41. The van der Waals surface area contributed by atoms with Crippen molar-refractivity contribution in [3.63, 3.8) is 0 Å². The van der Waals surface area contributed by atoms with E-state index in [4.69, 9.17) is 10.5 Å². The van der Waals surface area contributed by atoms with E-state index in [0.717, 1.165) is 0 Å². The standard InChI is InChI=1S/C7H13NO2/c1-4(2)7(6(8)9)5(3)10-7/h4-5H,1-3H3,(H2,8,9)/t5-,7+/m0/s1. The summed E-state index contributed by atoms with van der Waals surface area (Å²) in [6, 6.07) is 0. The predicted molar refractivity (Wildman–Crippen MR) is 37.3 cm³/mol. The van der Waals surface area contributed by atoms with Gasteiger partial charge in [0.25, 0.3) is 5.91 Å². The van der Waals surface area contributed by atoms with Crippen molar-refractivity contribution in [3.8, 4) is 0 Å². The zero-order chi connectivity index (χ0) is 7.94. The van der Waals surface area contributed by atoms with E-state index >= 15 is 0 Å². The summed E-state index contributed by atoms with van der Waals surface area (Å²) in [5.41, 5.74) is 4.51. The molecule has 1 amide bonds. The Labute approximate surface area is 60.5 Å². The highest BCUT2D eigenvalue weighted by Crippen LogP contribution is 2.42. The van der Waals surface area contributed by atoms with Crippen LogP contribution in [0.3, 0.4) is 0 Å². The van der Waals surface area contributed by atoms with Crippen LogP contribution in [0.25, 0.3) is 0 Å². The van der Waals surface area contributed by atoms with E-state index in [1.807, 2.05) is 20.8 Å². The highest BCUT2D eigenvalue weighted by molar-refractivity contribution is 5.87. The van der Waals surface area contributed by atoms with Crippen LogP contribution in [0.2, 0.25) is 0 Å². The molecule has 0 aliphatic carbocycles. The number of carbonyl (C=O) groups is 1. The predicted octanol–water partition coefficient (Wildman–Crippen LogP) is 0.285. The smallest absolute Gasteiger partial charge is 0.252 e. The minimum absolute atomic E-state index is 0.00463. The van der Waals surface area contributed by atoms with Crippen molar-refractivity contribution in [2.75, 3.05) is 0 Å². The van der Waals surface area contributed by atoms with Crippen molar-refractivity contribution in [3.05, 3.63) is 0 Å². The molecule has 3 heteroatoms. The molecule has 2 atom stereocenters. The van der Waals surface area contributed by atoms with Gasteiger partial charge in [0, 0.05) is 0 Å². The Kier molecular flexibility index (Phi) is 1.47. The molecule has 58 valence electrons. The molecular weight excluding hydrogens is 130 g/mol. The van der Waals surface area contributed by atoms with Gasteiger partial charge in [-0.25, -0.2) is 0 Å². The van der Waals surface area contributed by atoms with Gasteiger partial charge < -0.3 is 10.5 Å². The van der Waals surface area contributed by atoms with E-state index in [1.165, 1.54) is 0 Å². The molecule has 0 aromatic heterocycles. The lowest BCUT2D eigenvalue weighted by Gasteiger charge is -2.11. The van der Waals surface area contributed by atoms with Gasteiger partial charge in [-0.1, -0.05) is 13.8 Å². The molecule has 10 heavy (non-hydrogen) atoms. The average Bonchev–Trinajstić information content (AvgIpc) is 2.42. The van der Waals surface area contributed by atoms with Crippen LogP contribution in [-0.4, -0.2) is 17.6 Å². The SMILES string of the molecule is CC(C)[C@@]1(C(N)=O)O[C@H]1C. The first-order valence-electron chi connectivity index (χ1n) is 3.49. The van der Waals surface area contributed by atoms with Crippen molar-refractivity contribution >= 4 is 5.91 Å². The van der Waals surface area contributed by atoms with Crippen LogP contribution in [0.15, 0.2) is 0 Å². The number of carbonyl (C=O) groups excluding carboxylic acids is 1. The molecular formula is C7H13NO2. The van der Waals surface area contributed by atoms with Gasteiger partial charge in [0.2, 0.25) is 0 Å². The van der Waals surface area contributed by atoms with E-state index < -0.39 is 5.60 Å².